The molecular formula is C13H16FN3O2. The highest BCUT2D eigenvalue weighted by Crippen LogP contribution is 2.18. The van der Waals surface area contributed by atoms with Gasteiger partial charge in [0.25, 0.3) is 0 Å². The Morgan fingerprint density at radius 1 is 1.32 bits per heavy atom. The summed E-state index contributed by atoms with van der Waals surface area (Å²) in [6.07, 6.45) is 1.47. The Morgan fingerprint density at radius 3 is 2.63 bits per heavy atom. The van der Waals surface area contributed by atoms with Crippen molar-refractivity contribution >= 4 is 17.6 Å². The maximum atomic E-state index is 12.7. The predicted octanol–water partition coefficient (Wildman–Crippen LogP) is 1.55. The molecule has 1 atom stereocenters. The molecule has 0 radical (unpaired) electrons. The van der Waals surface area contributed by atoms with E-state index < -0.39 is 6.03 Å². The number of nitrogens with zero attached hydrogens (tertiary/aromatic N) is 1. The fourth-order valence-corrected chi connectivity index (χ4v) is 2.17. The number of hydrogen-bond donors (Lipinski definition) is 2. The van der Waals surface area contributed by atoms with Gasteiger partial charge in [0.05, 0.1) is 5.92 Å². The van der Waals surface area contributed by atoms with Crippen LogP contribution in [-0.2, 0) is 4.79 Å². The van der Waals surface area contributed by atoms with Crippen molar-refractivity contribution in [2.45, 2.75) is 12.8 Å². The van der Waals surface area contributed by atoms with Gasteiger partial charge in [0.15, 0.2) is 0 Å². The maximum absolute atomic E-state index is 12.7. The standard InChI is InChI=1S/C13H16FN3O2/c14-10-3-5-11(6-4-10)16-12(18)9-2-1-7-17(8-9)13(15)19/h3-6,9H,1-2,7-8H2,(H2,15,19)(H,16,18)/t9-/m1/s1. The number of halogens is 1. The van der Waals surface area contributed by atoms with Gasteiger partial charge >= 0.3 is 6.03 Å². The second kappa shape index (κ2) is 5.69. The zero-order valence-corrected chi connectivity index (χ0v) is 10.4. The van der Waals surface area contributed by atoms with Gasteiger partial charge in [0.2, 0.25) is 5.91 Å². The molecule has 1 aliphatic heterocycles. The van der Waals surface area contributed by atoms with Gasteiger partial charge in [0.1, 0.15) is 5.82 Å². The van der Waals surface area contributed by atoms with Crippen molar-refractivity contribution in [1.29, 1.82) is 0 Å². The molecule has 19 heavy (non-hydrogen) atoms. The predicted molar refractivity (Wildman–Crippen MR) is 68.9 cm³/mol. The summed E-state index contributed by atoms with van der Waals surface area (Å²) < 4.78 is 12.7. The summed E-state index contributed by atoms with van der Waals surface area (Å²) in [6.45, 7) is 0.929. The largest absolute Gasteiger partial charge is 0.351 e. The highest BCUT2D eigenvalue weighted by atomic mass is 19.1. The Balaban J connectivity index is 1.96. The summed E-state index contributed by atoms with van der Waals surface area (Å²) in [5.41, 5.74) is 5.76. The number of likely N-dealkylation sites (tertiary alicyclic amines) is 1. The number of anilines is 1. The molecule has 6 heteroatoms. The quantitative estimate of drug-likeness (QED) is 0.851. The molecule has 1 saturated heterocycles. The molecule has 2 rings (SSSR count). The van der Waals surface area contributed by atoms with Crippen LogP contribution in [0.4, 0.5) is 14.9 Å². The van der Waals surface area contributed by atoms with E-state index in [1.54, 1.807) is 0 Å². The molecule has 1 aliphatic rings. The average Bonchev–Trinajstić information content (AvgIpc) is 2.41. The molecule has 0 aromatic heterocycles. The van der Waals surface area contributed by atoms with Crippen LogP contribution in [0.3, 0.4) is 0 Å². The molecule has 102 valence electrons. The van der Waals surface area contributed by atoms with E-state index in [1.807, 2.05) is 0 Å². The van der Waals surface area contributed by atoms with Crippen LogP contribution in [0.15, 0.2) is 24.3 Å². The van der Waals surface area contributed by atoms with Gasteiger partial charge in [-0.15, -0.1) is 0 Å². The minimum Gasteiger partial charge on any atom is -0.351 e. The molecule has 1 aromatic carbocycles. The molecule has 1 aromatic rings. The van der Waals surface area contributed by atoms with E-state index in [0.717, 1.165) is 12.8 Å². The molecule has 0 unspecified atom stereocenters. The maximum Gasteiger partial charge on any atom is 0.314 e. The summed E-state index contributed by atoms with van der Waals surface area (Å²) in [6, 6.07) is 5.07. The fourth-order valence-electron chi connectivity index (χ4n) is 2.17. The number of urea groups is 1. The first kappa shape index (κ1) is 13.3. The first-order valence-electron chi connectivity index (χ1n) is 6.17. The van der Waals surface area contributed by atoms with E-state index in [4.69, 9.17) is 5.73 Å². The van der Waals surface area contributed by atoms with Crippen LogP contribution >= 0.6 is 0 Å². The Kier molecular flexibility index (Phi) is 3.99. The van der Waals surface area contributed by atoms with Crippen molar-refractivity contribution in [3.05, 3.63) is 30.1 Å². The molecular weight excluding hydrogens is 249 g/mol. The summed E-state index contributed by atoms with van der Waals surface area (Å²) in [5, 5.41) is 2.71. The van der Waals surface area contributed by atoms with Crippen LogP contribution in [0.25, 0.3) is 0 Å². The third kappa shape index (κ3) is 3.43. The number of amides is 3. The van der Waals surface area contributed by atoms with Gasteiger partial charge in [0, 0.05) is 18.8 Å². The highest BCUT2D eigenvalue weighted by molar-refractivity contribution is 5.93. The van der Waals surface area contributed by atoms with Crippen molar-refractivity contribution in [2.24, 2.45) is 11.7 Å². The number of rotatable bonds is 2. The lowest BCUT2D eigenvalue weighted by Crippen LogP contribution is -2.46. The van der Waals surface area contributed by atoms with E-state index in [1.165, 1.54) is 29.2 Å². The van der Waals surface area contributed by atoms with E-state index in [2.05, 4.69) is 5.32 Å². The SMILES string of the molecule is NC(=O)N1CCC[C@@H](C(=O)Nc2ccc(F)cc2)C1. The molecule has 1 fully saturated rings. The molecule has 0 aliphatic carbocycles. The number of carbonyl (C=O) groups excluding carboxylic acids is 2. The summed E-state index contributed by atoms with van der Waals surface area (Å²) in [7, 11) is 0. The monoisotopic (exact) mass is 265 g/mol. The zero-order valence-electron chi connectivity index (χ0n) is 10.4. The van der Waals surface area contributed by atoms with Crippen LogP contribution in [-0.4, -0.2) is 29.9 Å². The summed E-state index contributed by atoms with van der Waals surface area (Å²) in [4.78, 5) is 24.6. The smallest absolute Gasteiger partial charge is 0.314 e. The number of piperidine rings is 1. The number of hydrogen-bond acceptors (Lipinski definition) is 2. The van der Waals surface area contributed by atoms with Crippen LogP contribution < -0.4 is 11.1 Å². The molecule has 1 heterocycles. The van der Waals surface area contributed by atoms with Gasteiger partial charge in [-0.3, -0.25) is 4.79 Å². The molecule has 3 amide bonds. The average molecular weight is 265 g/mol. The lowest BCUT2D eigenvalue weighted by atomic mass is 9.97. The minimum absolute atomic E-state index is 0.169. The first-order chi connectivity index (χ1) is 9.06. The molecule has 0 spiro atoms. The van der Waals surface area contributed by atoms with Gasteiger partial charge in [-0.2, -0.15) is 0 Å². The van der Waals surface area contributed by atoms with E-state index in [0.29, 0.717) is 18.8 Å². The minimum atomic E-state index is -0.501. The van der Waals surface area contributed by atoms with Crippen molar-refractivity contribution in [2.75, 3.05) is 18.4 Å². The molecule has 0 saturated carbocycles. The van der Waals surface area contributed by atoms with Crippen molar-refractivity contribution in [1.82, 2.24) is 4.90 Å². The second-order valence-corrected chi connectivity index (χ2v) is 4.62. The Hall–Kier alpha value is -2.11. The van der Waals surface area contributed by atoms with Crippen molar-refractivity contribution in [3.8, 4) is 0 Å². The van der Waals surface area contributed by atoms with Gasteiger partial charge in [-0.05, 0) is 37.1 Å². The van der Waals surface area contributed by atoms with Crippen LogP contribution in [0.2, 0.25) is 0 Å². The van der Waals surface area contributed by atoms with Gasteiger partial charge < -0.3 is 16.0 Å². The van der Waals surface area contributed by atoms with Gasteiger partial charge in [-0.25, -0.2) is 9.18 Å². The molecule has 0 bridgehead atoms. The number of primary amides is 1. The van der Waals surface area contributed by atoms with E-state index >= 15 is 0 Å². The summed E-state index contributed by atoms with van der Waals surface area (Å²) >= 11 is 0. The van der Waals surface area contributed by atoms with E-state index in [-0.39, 0.29) is 17.6 Å². The fraction of sp³-hybridized carbons (Fsp3) is 0.385. The Labute approximate surface area is 110 Å². The number of carbonyl (C=O) groups is 2. The van der Waals surface area contributed by atoms with Crippen molar-refractivity contribution in [3.63, 3.8) is 0 Å². The normalized spacial score (nSPS) is 19.0. The Bertz CT molecular complexity index is 475. The highest BCUT2D eigenvalue weighted by Gasteiger charge is 2.27. The van der Waals surface area contributed by atoms with Crippen molar-refractivity contribution < 1.29 is 14.0 Å². The first-order valence-corrected chi connectivity index (χ1v) is 6.17. The third-order valence-electron chi connectivity index (χ3n) is 3.22. The lowest BCUT2D eigenvalue weighted by Gasteiger charge is -2.30. The van der Waals surface area contributed by atoms with Crippen LogP contribution in [0.5, 0.6) is 0 Å². The lowest BCUT2D eigenvalue weighted by molar-refractivity contribution is -0.121. The number of nitrogens with one attached hydrogen (secondary N) is 1. The van der Waals surface area contributed by atoms with E-state index in [9.17, 15) is 14.0 Å². The van der Waals surface area contributed by atoms with Crippen LogP contribution in [0, 0.1) is 11.7 Å². The Morgan fingerprint density at radius 2 is 2.00 bits per heavy atom. The molecule has 5 nitrogen and oxygen atoms in total. The topological polar surface area (TPSA) is 75.4 Å². The number of benzene rings is 1. The molecule has 3 N–H and O–H groups in total. The third-order valence-corrected chi connectivity index (χ3v) is 3.22. The summed E-state index contributed by atoms with van der Waals surface area (Å²) in [5.74, 6) is -0.792. The van der Waals surface area contributed by atoms with Crippen LogP contribution in [0.1, 0.15) is 12.8 Å². The van der Waals surface area contributed by atoms with Gasteiger partial charge in [-0.1, -0.05) is 0 Å². The second-order valence-electron chi connectivity index (χ2n) is 4.62. The number of nitrogens with two attached hydrogens (primary N) is 1. The zero-order chi connectivity index (χ0) is 13.8.